The quantitative estimate of drug-likeness (QED) is 0.397. The van der Waals surface area contributed by atoms with Crippen LogP contribution in [0.15, 0.2) is 18.7 Å². The molecular weight excluding hydrogens is 510 g/mol. The first-order chi connectivity index (χ1) is 17.3. The van der Waals surface area contributed by atoms with Crippen molar-refractivity contribution >= 4 is 21.4 Å². The lowest BCUT2D eigenvalue weighted by atomic mass is 10.1. The van der Waals surface area contributed by atoms with Crippen molar-refractivity contribution in [3.8, 4) is 17.4 Å². The number of nitrogens with zero attached hydrogens (tertiary/aromatic N) is 7. The van der Waals surface area contributed by atoms with E-state index in [0.717, 1.165) is 12.8 Å². The summed E-state index contributed by atoms with van der Waals surface area (Å²) in [6.45, 7) is 3.95. The third-order valence-electron chi connectivity index (χ3n) is 6.24. The molecule has 14 heteroatoms. The Morgan fingerprint density at radius 2 is 1.75 bits per heavy atom. The maximum atomic E-state index is 13.6. The molecule has 36 heavy (non-hydrogen) atoms. The Balaban J connectivity index is 1.77. The molecule has 12 nitrogen and oxygen atoms in total. The molecule has 4 heterocycles. The molecule has 3 aromatic heterocycles. The van der Waals surface area contributed by atoms with Crippen LogP contribution in [0.5, 0.6) is 11.8 Å². The van der Waals surface area contributed by atoms with Gasteiger partial charge in [-0.05, 0) is 26.2 Å². The third kappa shape index (κ3) is 5.27. The summed E-state index contributed by atoms with van der Waals surface area (Å²) in [7, 11) is -0.843. The first kappa shape index (κ1) is 26.2. The maximum Gasteiger partial charge on any atom is 0.245 e. The summed E-state index contributed by atoms with van der Waals surface area (Å²) in [5, 5.41) is 8.16. The summed E-state index contributed by atoms with van der Waals surface area (Å²) in [6.07, 6.45) is 6.41. The monoisotopic (exact) mass is 537 g/mol. The fourth-order valence-corrected chi connectivity index (χ4v) is 5.70. The van der Waals surface area contributed by atoms with Gasteiger partial charge in [-0.3, -0.25) is 4.57 Å². The van der Waals surface area contributed by atoms with Gasteiger partial charge in [-0.1, -0.05) is 18.5 Å². The van der Waals surface area contributed by atoms with Crippen LogP contribution in [-0.2, 0) is 20.3 Å². The molecule has 0 spiro atoms. The number of hydrogen-bond donors (Lipinski definition) is 0. The molecule has 0 bridgehead atoms. The molecule has 4 rings (SSSR count). The molecule has 0 radical (unpaired) electrons. The Kier molecular flexibility index (Phi) is 8.00. The predicted octanol–water partition coefficient (Wildman–Crippen LogP) is 2.87. The Bertz CT molecular complexity index is 1270. The molecule has 0 N–H and O–H groups in total. The molecule has 0 aromatic carbocycles. The largest absolute Gasteiger partial charge is 0.479 e. The van der Waals surface area contributed by atoms with E-state index < -0.39 is 26.8 Å². The predicted molar refractivity (Wildman–Crippen MR) is 130 cm³/mol. The van der Waals surface area contributed by atoms with Gasteiger partial charge in [0.15, 0.2) is 27.2 Å². The molecule has 3 atom stereocenters. The fourth-order valence-electron chi connectivity index (χ4n) is 4.05. The SMILES string of the molecule is COc1ncnc(OC)c1-n1c(CS(=O)(=O)[C@@H](C)[C@H](C)c2ncc(Cl)cn2)nnc1[C@@H]1CCCCO1. The van der Waals surface area contributed by atoms with Gasteiger partial charge in [0.2, 0.25) is 11.8 Å². The second-order valence-electron chi connectivity index (χ2n) is 8.47. The maximum absolute atomic E-state index is 13.6. The van der Waals surface area contributed by atoms with E-state index >= 15 is 0 Å². The smallest absolute Gasteiger partial charge is 0.245 e. The molecular formula is C22H28ClN7O5S. The Morgan fingerprint density at radius 1 is 1.08 bits per heavy atom. The van der Waals surface area contributed by atoms with Gasteiger partial charge in [0, 0.05) is 24.9 Å². The minimum atomic E-state index is -3.76. The fraction of sp³-hybridized carbons (Fsp3) is 0.545. The lowest BCUT2D eigenvalue weighted by Crippen LogP contribution is -2.28. The van der Waals surface area contributed by atoms with Crippen molar-refractivity contribution in [2.24, 2.45) is 0 Å². The van der Waals surface area contributed by atoms with Crippen LogP contribution in [0.1, 0.15) is 62.6 Å². The van der Waals surface area contributed by atoms with Crippen LogP contribution in [0, 0.1) is 0 Å². The number of hydrogen-bond acceptors (Lipinski definition) is 11. The van der Waals surface area contributed by atoms with Crippen molar-refractivity contribution in [2.45, 2.75) is 56.1 Å². The zero-order valence-electron chi connectivity index (χ0n) is 20.5. The van der Waals surface area contributed by atoms with E-state index in [1.807, 2.05) is 0 Å². The van der Waals surface area contributed by atoms with E-state index in [1.165, 1.54) is 32.9 Å². The second-order valence-corrected chi connectivity index (χ2v) is 11.3. The second kappa shape index (κ2) is 11.0. The standard InChI is InChI=1S/C22H28ClN7O5S/c1-13(19-24-9-15(23)10-25-19)14(2)36(31,32)11-17-28-29-20(16-7-5-6-8-35-16)30(17)18-21(33-3)26-12-27-22(18)34-4/h9-10,12-14,16H,5-8,11H2,1-4H3/t13-,14-,16-/m0/s1. The molecule has 0 aliphatic carbocycles. The van der Waals surface area contributed by atoms with Gasteiger partial charge in [-0.25, -0.2) is 18.4 Å². The van der Waals surface area contributed by atoms with Crippen LogP contribution < -0.4 is 9.47 Å². The molecule has 0 unspecified atom stereocenters. The van der Waals surface area contributed by atoms with E-state index in [2.05, 4.69) is 30.1 Å². The van der Waals surface area contributed by atoms with E-state index in [0.29, 0.717) is 35.4 Å². The average Bonchev–Trinajstić information content (AvgIpc) is 3.30. The molecule has 1 fully saturated rings. The Morgan fingerprint density at radius 3 is 2.33 bits per heavy atom. The molecule has 194 valence electrons. The van der Waals surface area contributed by atoms with Crippen LogP contribution in [0.3, 0.4) is 0 Å². The number of sulfone groups is 1. The number of aromatic nitrogens is 7. The van der Waals surface area contributed by atoms with E-state index in [-0.39, 0.29) is 23.7 Å². The van der Waals surface area contributed by atoms with Gasteiger partial charge < -0.3 is 14.2 Å². The third-order valence-corrected chi connectivity index (χ3v) is 8.63. The van der Waals surface area contributed by atoms with E-state index in [9.17, 15) is 8.42 Å². The van der Waals surface area contributed by atoms with Crippen molar-refractivity contribution in [1.29, 1.82) is 0 Å². The van der Waals surface area contributed by atoms with Gasteiger partial charge in [0.1, 0.15) is 24.0 Å². The van der Waals surface area contributed by atoms with Gasteiger partial charge in [-0.2, -0.15) is 9.97 Å². The van der Waals surface area contributed by atoms with Crippen molar-refractivity contribution < 1.29 is 22.6 Å². The Labute approximate surface area is 214 Å². The minimum absolute atomic E-state index is 0.168. The van der Waals surface area contributed by atoms with Crippen LogP contribution in [-0.4, -0.2) is 69.2 Å². The highest BCUT2D eigenvalue weighted by Gasteiger charge is 2.34. The zero-order chi connectivity index (χ0) is 25.9. The summed E-state index contributed by atoms with van der Waals surface area (Å²) in [6, 6.07) is 0. The molecule has 1 saturated heterocycles. The molecule has 3 aromatic rings. The number of methoxy groups -OCH3 is 2. The van der Waals surface area contributed by atoms with Crippen LogP contribution in [0.2, 0.25) is 5.02 Å². The van der Waals surface area contributed by atoms with Gasteiger partial charge in [0.05, 0.1) is 24.5 Å². The number of ether oxygens (including phenoxy) is 3. The van der Waals surface area contributed by atoms with E-state index in [1.54, 1.807) is 18.4 Å². The lowest BCUT2D eigenvalue weighted by molar-refractivity contribution is 0.00826. The molecule has 1 aliphatic rings. The minimum Gasteiger partial charge on any atom is -0.479 e. The van der Waals surface area contributed by atoms with Crippen molar-refractivity contribution in [3.63, 3.8) is 0 Å². The highest BCUT2D eigenvalue weighted by atomic mass is 35.5. The summed E-state index contributed by atoms with van der Waals surface area (Å²) >= 11 is 5.88. The number of rotatable bonds is 9. The normalized spacial score (nSPS) is 18.0. The van der Waals surface area contributed by atoms with Gasteiger partial charge >= 0.3 is 0 Å². The highest BCUT2D eigenvalue weighted by molar-refractivity contribution is 7.91. The molecule has 0 amide bonds. The highest BCUT2D eigenvalue weighted by Crippen LogP contribution is 2.36. The summed E-state index contributed by atoms with van der Waals surface area (Å²) in [5.74, 6) is 0.464. The summed E-state index contributed by atoms with van der Waals surface area (Å²) in [4.78, 5) is 16.8. The topological polar surface area (TPSA) is 144 Å². The zero-order valence-corrected chi connectivity index (χ0v) is 22.0. The van der Waals surface area contributed by atoms with Gasteiger partial charge in [-0.15, -0.1) is 10.2 Å². The Hall–Kier alpha value is -2.90. The van der Waals surface area contributed by atoms with Crippen LogP contribution in [0.4, 0.5) is 0 Å². The average molecular weight is 538 g/mol. The first-order valence-corrected chi connectivity index (χ1v) is 13.5. The first-order valence-electron chi connectivity index (χ1n) is 11.4. The lowest BCUT2D eigenvalue weighted by Gasteiger charge is -2.24. The summed E-state index contributed by atoms with van der Waals surface area (Å²) in [5.41, 5.74) is 0.309. The van der Waals surface area contributed by atoms with E-state index in [4.69, 9.17) is 25.8 Å². The van der Waals surface area contributed by atoms with Crippen LogP contribution >= 0.6 is 11.6 Å². The van der Waals surface area contributed by atoms with Crippen LogP contribution in [0.25, 0.3) is 5.69 Å². The summed E-state index contributed by atoms with van der Waals surface area (Å²) < 4.78 is 45.6. The van der Waals surface area contributed by atoms with Gasteiger partial charge in [0.25, 0.3) is 0 Å². The number of halogens is 1. The molecule has 1 aliphatic heterocycles. The molecule has 0 saturated carbocycles. The van der Waals surface area contributed by atoms with Crippen molar-refractivity contribution in [3.05, 3.63) is 41.2 Å². The van der Waals surface area contributed by atoms with Crippen molar-refractivity contribution in [1.82, 2.24) is 34.7 Å². The van der Waals surface area contributed by atoms with Crippen molar-refractivity contribution in [2.75, 3.05) is 20.8 Å².